The minimum atomic E-state index is -1.50. The van der Waals surface area contributed by atoms with Crippen molar-refractivity contribution in [3.63, 3.8) is 0 Å². The summed E-state index contributed by atoms with van der Waals surface area (Å²) in [6.07, 6.45) is 4.74. The molecule has 1 N–H and O–H groups in total. The Bertz CT molecular complexity index is 221. The molecule has 0 fully saturated rings. The van der Waals surface area contributed by atoms with Gasteiger partial charge in [-0.05, 0) is 24.1 Å². The van der Waals surface area contributed by atoms with Crippen LogP contribution in [-0.2, 0) is 6.42 Å². The van der Waals surface area contributed by atoms with Crippen molar-refractivity contribution in [1.29, 1.82) is 0 Å². The molecule has 1 rings (SSSR count). The van der Waals surface area contributed by atoms with Crippen LogP contribution < -0.4 is 0 Å². The van der Waals surface area contributed by atoms with E-state index in [1.54, 1.807) is 0 Å². The number of aromatic nitrogens is 1. The Hall–Kier alpha value is -1.65. The van der Waals surface area contributed by atoms with Crippen LogP contribution in [0.3, 0.4) is 0 Å². The smallest absolute Gasteiger partial charge is 0.291 e. The summed E-state index contributed by atoms with van der Waals surface area (Å²) in [6, 6.07) is 4.06. The van der Waals surface area contributed by atoms with Crippen LogP contribution >= 0.6 is 0 Å². The number of rotatable bonds is 1. The number of pyridine rings is 1. The summed E-state index contributed by atoms with van der Waals surface area (Å²) in [5.41, 5.74) is 1.35. The zero-order valence-corrected chi connectivity index (χ0v) is 6.67. The summed E-state index contributed by atoms with van der Waals surface area (Å²) in [5.74, 6) is 0. The lowest BCUT2D eigenvalue weighted by molar-refractivity contribution is -0.742. The highest BCUT2D eigenvalue weighted by molar-refractivity contribution is 5.08. The highest BCUT2D eigenvalue weighted by Gasteiger charge is 1.80. The Morgan fingerprint density at radius 3 is 2.25 bits per heavy atom. The molecule has 5 nitrogen and oxygen atoms in total. The Balaban J connectivity index is 0.000000261. The maximum atomic E-state index is 8.36. The highest BCUT2D eigenvalue weighted by Crippen LogP contribution is 1.94. The van der Waals surface area contributed by atoms with E-state index < -0.39 is 5.09 Å². The molecular weight excluding hydrogens is 160 g/mol. The Kier molecular flexibility index (Phi) is 5.25. The lowest BCUT2D eigenvalue weighted by Crippen LogP contribution is -1.81. The summed E-state index contributed by atoms with van der Waals surface area (Å²) in [6.45, 7) is 2.13. The molecule has 0 amide bonds. The average Bonchev–Trinajstić information content (AvgIpc) is 2.05. The normalized spacial score (nSPS) is 8.08. The Morgan fingerprint density at radius 1 is 1.58 bits per heavy atom. The summed E-state index contributed by atoms with van der Waals surface area (Å²) in [4.78, 5) is 12.3. The van der Waals surface area contributed by atoms with Gasteiger partial charge in [0.2, 0.25) is 0 Å². The molecule has 1 aromatic rings. The standard InChI is InChI=1S/C7H9N.HNO3/c1-2-7-3-5-8-6-4-7;2-1(3)4/h3-6H,2H2,1H3;(H,2,3,4). The molecule has 1 aromatic heterocycles. The molecule has 5 heteroatoms. The van der Waals surface area contributed by atoms with E-state index in [0.717, 1.165) is 6.42 Å². The van der Waals surface area contributed by atoms with Gasteiger partial charge < -0.3 is 5.21 Å². The van der Waals surface area contributed by atoms with Gasteiger partial charge in [0, 0.05) is 12.4 Å². The van der Waals surface area contributed by atoms with Crippen molar-refractivity contribution in [2.75, 3.05) is 0 Å². The molecule has 0 aliphatic rings. The first-order valence-electron chi connectivity index (χ1n) is 3.39. The first-order valence-corrected chi connectivity index (χ1v) is 3.39. The van der Waals surface area contributed by atoms with Crippen LogP contribution in [0.5, 0.6) is 0 Å². The van der Waals surface area contributed by atoms with E-state index in [-0.39, 0.29) is 0 Å². The molecule has 0 aliphatic carbocycles. The highest BCUT2D eigenvalue weighted by atomic mass is 16.9. The Morgan fingerprint density at radius 2 is 2.00 bits per heavy atom. The minimum absolute atomic E-state index is 1.10. The van der Waals surface area contributed by atoms with Crippen molar-refractivity contribution in [2.45, 2.75) is 13.3 Å². The zero-order valence-electron chi connectivity index (χ0n) is 6.67. The minimum Gasteiger partial charge on any atom is -0.328 e. The zero-order chi connectivity index (χ0) is 9.40. The fourth-order valence-corrected chi connectivity index (χ4v) is 0.618. The second-order valence-electron chi connectivity index (χ2n) is 1.95. The molecule has 0 radical (unpaired) electrons. The van der Waals surface area contributed by atoms with Gasteiger partial charge in [-0.3, -0.25) is 4.98 Å². The van der Waals surface area contributed by atoms with Crippen molar-refractivity contribution in [3.05, 3.63) is 40.2 Å². The van der Waals surface area contributed by atoms with Gasteiger partial charge in [-0.15, -0.1) is 10.1 Å². The third-order valence-electron chi connectivity index (χ3n) is 1.16. The van der Waals surface area contributed by atoms with Gasteiger partial charge in [0.1, 0.15) is 0 Å². The van der Waals surface area contributed by atoms with Crippen LogP contribution in [0.4, 0.5) is 0 Å². The van der Waals surface area contributed by atoms with Gasteiger partial charge >= 0.3 is 0 Å². The van der Waals surface area contributed by atoms with E-state index in [9.17, 15) is 0 Å². The van der Waals surface area contributed by atoms with Crippen LogP contribution in [0, 0.1) is 10.1 Å². The topological polar surface area (TPSA) is 76.3 Å². The molecule has 0 aliphatic heterocycles. The molecular formula is C7H10N2O3. The second-order valence-corrected chi connectivity index (χ2v) is 1.95. The molecule has 66 valence electrons. The summed E-state index contributed by atoms with van der Waals surface area (Å²) in [7, 11) is 0. The first-order chi connectivity index (χ1) is 5.66. The van der Waals surface area contributed by atoms with Crippen molar-refractivity contribution >= 4 is 0 Å². The summed E-state index contributed by atoms with van der Waals surface area (Å²) >= 11 is 0. The molecule has 0 aromatic carbocycles. The molecule has 0 saturated carbocycles. The van der Waals surface area contributed by atoms with Crippen molar-refractivity contribution < 1.29 is 10.3 Å². The van der Waals surface area contributed by atoms with Crippen LogP contribution in [0.25, 0.3) is 0 Å². The fourth-order valence-electron chi connectivity index (χ4n) is 0.618. The van der Waals surface area contributed by atoms with Crippen molar-refractivity contribution in [1.82, 2.24) is 4.98 Å². The monoisotopic (exact) mass is 170 g/mol. The second kappa shape index (κ2) is 6.09. The van der Waals surface area contributed by atoms with E-state index >= 15 is 0 Å². The fraction of sp³-hybridized carbons (Fsp3) is 0.286. The molecule has 12 heavy (non-hydrogen) atoms. The van der Waals surface area contributed by atoms with Gasteiger partial charge in [-0.2, -0.15) is 0 Å². The predicted octanol–water partition coefficient (Wildman–Crippen LogP) is 1.30. The van der Waals surface area contributed by atoms with E-state index in [1.165, 1.54) is 5.56 Å². The molecule has 0 bridgehead atoms. The quantitative estimate of drug-likeness (QED) is 0.509. The molecule has 0 saturated heterocycles. The molecule has 1 heterocycles. The van der Waals surface area contributed by atoms with Crippen LogP contribution in [0.1, 0.15) is 12.5 Å². The van der Waals surface area contributed by atoms with Gasteiger partial charge in [0.15, 0.2) is 0 Å². The van der Waals surface area contributed by atoms with Gasteiger partial charge in [0.05, 0.1) is 0 Å². The molecule has 0 spiro atoms. The van der Waals surface area contributed by atoms with E-state index in [2.05, 4.69) is 11.9 Å². The van der Waals surface area contributed by atoms with E-state index in [1.807, 2.05) is 24.5 Å². The largest absolute Gasteiger partial charge is 0.328 e. The van der Waals surface area contributed by atoms with Crippen molar-refractivity contribution in [3.8, 4) is 0 Å². The maximum absolute atomic E-state index is 8.36. The average molecular weight is 170 g/mol. The van der Waals surface area contributed by atoms with Crippen LogP contribution in [0.15, 0.2) is 24.5 Å². The lowest BCUT2D eigenvalue weighted by Gasteiger charge is -1.89. The van der Waals surface area contributed by atoms with Gasteiger partial charge in [0.25, 0.3) is 5.09 Å². The molecule has 0 unspecified atom stereocenters. The van der Waals surface area contributed by atoms with E-state index in [4.69, 9.17) is 15.3 Å². The first kappa shape index (κ1) is 10.3. The summed E-state index contributed by atoms with van der Waals surface area (Å²) in [5, 5.41) is 13.6. The third-order valence-corrected chi connectivity index (χ3v) is 1.16. The van der Waals surface area contributed by atoms with Gasteiger partial charge in [-0.25, -0.2) is 0 Å². The van der Waals surface area contributed by atoms with Crippen LogP contribution in [-0.4, -0.2) is 15.3 Å². The third kappa shape index (κ3) is 6.47. The van der Waals surface area contributed by atoms with Crippen molar-refractivity contribution in [2.24, 2.45) is 0 Å². The molecule has 0 atom stereocenters. The number of nitrogens with zero attached hydrogens (tertiary/aromatic N) is 2. The summed E-state index contributed by atoms with van der Waals surface area (Å²) < 4.78 is 0. The lowest BCUT2D eigenvalue weighted by atomic mass is 10.2. The SMILES string of the molecule is CCc1ccncc1.O=[N+]([O-])O. The maximum Gasteiger partial charge on any atom is 0.291 e. The number of aryl methyl sites for hydroxylation is 1. The number of hydrogen-bond donors (Lipinski definition) is 1. The van der Waals surface area contributed by atoms with E-state index in [0.29, 0.717) is 0 Å². The van der Waals surface area contributed by atoms with Crippen LogP contribution in [0.2, 0.25) is 0 Å². The van der Waals surface area contributed by atoms with Gasteiger partial charge in [-0.1, -0.05) is 6.92 Å². The predicted molar refractivity (Wildman–Crippen MR) is 42.4 cm³/mol. The number of hydrogen-bond acceptors (Lipinski definition) is 3. The Labute approximate surface area is 69.8 Å².